The van der Waals surface area contributed by atoms with Crippen molar-refractivity contribution in [1.82, 2.24) is 0 Å². The standard InChI is InChI=1S/C17H14ClFO3/c1-11-13(8-5-9-15(11)19)16(20)22-17(21)14(18)10-12-6-3-2-4-7-12/h2-9,14H,10H2,1H3. The highest BCUT2D eigenvalue weighted by atomic mass is 35.5. The maximum atomic E-state index is 13.4. The zero-order valence-corrected chi connectivity index (χ0v) is 12.6. The van der Waals surface area contributed by atoms with E-state index in [9.17, 15) is 14.0 Å². The van der Waals surface area contributed by atoms with Crippen molar-refractivity contribution in [2.75, 3.05) is 0 Å². The third kappa shape index (κ3) is 3.92. The van der Waals surface area contributed by atoms with Crippen LogP contribution in [0.4, 0.5) is 4.39 Å². The Balaban J connectivity index is 2.02. The lowest BCUT2D eigenvalue weighted by Crippen LogP contribution is -2.24. The normalized spacial score (nSPS) is 11.8. The molecule has 1 atom stereocenters. The molecule has 2 aromatic rings. The highest BCUT2D eigenvalue weighted by molar-refractivity contribution is 6.30. The minimum Gasteiger partial charge on any atom is -0.388 e. The van der Waals surface area contributed by atoms with Crippen molar-refractivity contribution in [2.24, 2.45) is 0 Å². The molecule has 2 rings (SSSR count). The minimum atomic E-state index is -0.986. The molecule has 0 saturated heterocycles. The summed E-state index contributed by atoms with van der Waals surface area (Å²) in [6, 6.07) is 13.1. The number of rotatable bonds is 4. The van der Waals surface area contributed by atoms with Crippen molar-refractivity contribution in [1.29, 1.82) is 0 Å². The van der Waals surface area contributed by atoms with Crippen LogP contribution in [0.3, 0.4) is 0 Å². The quantitative estimate of drug-likeness (QED) is 0.490. The number of halogens is 2. The molecule has 0 amide bonds. The van der Waals surface area contributed by atoms with Crippen LogP contribution in [0.2, 0.25) is 0 Å². The van der Waals surface area contributed by atoms with Gasteiger partial charge in [0, 0.05) is 0 Å². The van der Waals surface area contributed by atoms with Crippen molar-refractivity contribution in [3.05, 3.63) is 71.0 Å². The van der Waals surface area contributed by atoms with Crippen molar-refractivity contribution < 1.29 is 18.7 Å². The van der Waals surface area contributed by atoms with E-state index in [4.69, 9.17) is 16.3 Å². The molecule has 0 fully saturated rings. The fourth-order valence-corrected chi connectivity index (χ4v) is 2.17. The van der Waals surface area contributed by atoms with E-state index in [2.05, 4.69) is 0 Å². The molecule has 0 aromatic heterocycles. The van der Waals surface area contributed by atoms with Crippen LogP contribution < -0.4 is 0 Å². The van der Waals surface area contributed by atoms with Gasteiger partial charge in [-0.1, -0.05) is 36.4 Å². The van der Waals surface area contributed by atoms with Gasteiger partial charge in [-0.2, -0.15) is 0 Å². The van der Waals surface area contributed by atoms with Crippen LogP contribution in [0.25, 0.3) is 0 Å². The zero-order valence-electron chi connectivity index (χ0n) is 11.9. The maximum absolute atomic E-state index is 13.4. The van der Waals surface area contributed by atoms with Crippen LogP contribution >= 0.6 is 11.6 Å². The van der Waals surface area contributed by atoms with E-state index in [0.29, 0.717) is 0 Å². The van der Waals surface area contributed by atoms with Gasteiger partial charge >= 0.3 is 11.9 Å². The number of carbonyl (C=O) groups excluding carboxylic acids is 2. The predicted molar refractivity (Wildman–Crippen MR) is 81.3 cm³/mol. The molecule has 0 aliphatic heterocycles. The van der Waals surface area contributed by atoms with Gasteiger partial charge in [0.15, 0.2) is 0 Å². The van der Waals surface area contributed by atoms with Crippen LogP contribution in [0.15, 0.2) is 48.5 Å². The summed E-state index contributed by atoms with van der Waals surface area (Å²) < 4.78 is 18.1. The summed E-state index contributed by atoms with van der Waals surface area (Å²) >= 11 is 5.97. The van der Waals surface area contributed by atoms with Gasteiger partial charge in [-0.15, -0.1) is 11.6 Å². The van der Waals surface area contributed by atoms with E-state index in [1.165, 1.54) is 25.1 Å². The molecular weight excluding hydrogens is 307 g/mol. The van der Waals surface area contributed by atoms with Crippen molar-refractivity contribution in [3.63, 3.8) is 0 Å². The molecule has 2 aromatic carbocycles. The van der Waals surface area contributed by atoms with Crippen LogP contribution in [-0.2, 0) is 16.0 Å². The molecule has 22 heavy (non-hydrogen) atoms. The van der Waals surface area contributed by atoms with Crippen LogP contribution in [0.5, 0.6) is 0 Å². The van der Waals surface area contributed by atoms with E-state index < -0.39 is 23.1 Å². The van der Waals surface area contributed by atoms with Crippen molar-refractivity contribution in [3.8, 4) is 0 Å². The van der Waals surface area contributed by atoms with Gasteiger partial charge in [-0.25, -0.2) is 14.0 Å². The molecule has 0 aliphatic carbocycles. The summed E-state index contributed by atoms with van der Waals surface area (Å²) in [4.78, 5) is 23.8. The Morgan fingerprint density at radius 1 is 1.14 bits per heavy atom. The number of alkyl halides is 1. The molecular formula is C17H14ClFO3. The van der Waals surface area contributed by atoms with E-state index >= 15 is 0 Å². The molecule has 0 spiro atoms. The van der Waals surface area contributed by atoms with Crippen molar-refractivity contribution >= 4 is 23.5 Å². The molecule has 0 N–H and O–H groups in total. The Bertz CT molecular complexity index is 686. The zero-order chi connectivity index (χ0) is 16.1. The molecule has 5 heteroatoms. The number of ether oxygens (including phenoxy) is 1. The first-order chi connectivity index (χ1) is 10.5. The van der Waals surface area contributed by atoms with Crippen LogP contribution in [0, 0.1) is 12.7 Å². The minimum absolute atomic E-state index is 0.0110. The predicted octanol–water partition coefficient (Wildman–Crippen LogP) is 3.67. The Morgan fingerprint density at radius 3 is 2.50 bits per heavy atom. The number of carbonyl (C=O) groups is 2. The lowest BCUT2D eigenvalue weighted by molar-refractivity contribution is -0.137. The summed E-state index contributed by atoms with van der Waals surface area (Å²) in [5.41, 5.74) is 1.00. The molecule has 0 heterocycles. The van der Waals surface area contributed by atoms with Crippen LogP contribution in [-0.4, -0.2) is 17.3 Å². The summed E-state index contributed by atoms with van der Waals surface area (Å²) in [6.45, 7) is 1.44. The first kappa shape index (κ1) is 16.2. The topological polar surface area (TPSA) is 43.4 Å². The van der Waals surface area contributed by atoms with E-state index in [-0.39, 0.29) is 17.5 Å². The number of hydrogen-bond acceptors (Lipinski definition) is 3. The SMILES string of the molecule is Cc1c(F)cccc1C(=O)OC(=O)C(Cl)Cc1ccccc1. The molecule has 3 nitrogen and oxygen atoms in total. The molecule has 0 radical (unpaired) electrons. The molecule has 1 unspecified atom stereocenters. The second-order valence-electron chi connectivity index (χ2n) is 4.78. The van der Waals surface area contributed by atoms with Crippen molar-refractivity contribution in [2.45, 2.75) is 18.7 Å². The second kappa shape index (κ2) is 7.18. The second-order valence-corrected chi connectivity index (χ2v) is 5.31. The average molecular weight is 321 g/mol. The number of benzene rings is 2. The molecule has 0 bridgehead atoms. The average Bonchev–Trinajstić information content (AvgIpc) is 2.50. The van der Waals surface area contributed by atoms with E-state index in [1.807, 2.05) is 30.3 Å². The largest absolute Gasteiger partial charge is 0.388 e. The Hall–Kier alpha value is -2.20. The van der Waals surface area contributed by atoms with Gasteiger partial charge < -0.3 is 4.74 Å². The number of esters is 2. The highest BCUT2D eigenvalue weighted by Crippen LogP contribution is 2.15. The van der Waals surface area contributed by atoms with Gasteiger partial charge in [0.25, 0.3) is 0 Å². The third-order valence-corrected chi connectivity index (χ3v) is 3.53. The van der Waals surface area contributed by atoms with Crippen LogP contribution in [0.1, 0.15) is 21.5 Å². The van der Waals surface area contributed by atoms with Gasteiger partial charge in [0.05, 0.1) is 5.56 Å². The Morgan fingerprint density at radius 2 is 1.82 bits per heavy atom. The van der Waals surface area contributed by atoms with E-state index in [1.54, 1.807) is 0 Å². The third-order valence-electron chi connectivity index (χ3n) is 3.19. The van der Waals surface area contributed by atoms with Gasteiger partial charge in [0.1, 0.15) is 11.2 Å². The fraction of sp³-hybridized carbons (Fsp3) is 0.176. The van der Waals surface area contributed by atoms with Gasteiger partial charge in [-0.05, 0) is 36.6 Å². The summed E-state index contributed by atoms with van der Waals surface area (Å²) in [6.07, 6.45) is 0.247. The lowest BCUT2D eigenvalue weighted by atomic mass is 10.1. The molecule has 114 valence electrons. The Labute approximate surface area is 132 Å². The summed E-state index contributed by atoms with van der Waals surface area (Å²) in [5, 5.41) is -0.986. The van der Waals surface area contributed by atoms with Gasteiger partial charge in [-0.3, -0.25) is 0 Å². The maximum Gasteiger partial charge on any atom is 0.346 e. The lowest BCUT2D eigenvalue weighted by Gasteiger charge is -2.10. The highest BCUT2D eigenvalue weighted by Gasteiger charge is 2.23. The number of hydrogen-bond donors (Lipinski definition) is 0. The summed E-state index contributed by atoms with van der Waals surface area (Å²) in [5.74, 6) is -2.28. The Kier molecular flexibility index (Phi) is 5.28. The van der Waals surface area contributed by atoms with Gasteiger partial charge in [0.2, 0.25) is 0 Å². The first-order valence-corrected chi connectivity index (χ1v) is 7.12. The summed E-state index contributed by atoms with van der Waals surface area (Å²) in [7, 11) is 0. The molecule has 0 saturated carbocycles. The monoisotopic (exact) mass is 320 g/mol. The fourth-order valence-electron chi connectivity index (χ4n) is 1.94. The first-order valence-electron chi connectivity index (χ1n) is 6.68. The molecule has 0 aliphatic rings. The van der Waals surface area contributed by atoms with E-state index in [0.717, 1.165) is 5.56 Å². The smallest absolute Gasteiger partial charge is 0.346 e.